The van der Waals surface area contributed by atoms with Crippen LogP contribution in [0.25, 0.3) is 0 Å². The van der Waals surface area contributed by atoms with Gasteiger partial charge in [0.25, 0.3) is 5.91 Å². The molecule has 0 spiro atoms. The van der Waals surface area contributed by atoms with Crippen LogP contribution in [0.15, 0.2) is 24.3 Å². The van der Waals surface area contributed by atoms with E-state index in [0.717, 1.165) is 0 Å². The van der Waals surface area contributed by atoms with Gasteiger partial charge in [-0.05, 0) is 23.1 Å². The fourth-order valence-electron chi connectivity index (χ4n) is 1.62. The maximum atomic E-state index is 12.0. The number of esters is 1. The Balaban J connectivity index is 2.63. The molecule has 0 saturated heterocycles. The number of benzene rings is 1. The molecule has 110 valence electrons. The highest BCUT2D eigenvalue weighted by Crippen LogP contribution is 2.22. The quantitative estimate of drug-likeness (QED) is 0.490. The number of methoxy groups -OCH3 is 1. The molecule has 4 nitrogen and oxygen atoms in total. The smallest absolute Gasteiger partial charge is 0.320 e. The molecule has 0 radical (unpaired) electrons. The van der Waals surface area contributed by atoms with Crippen molar-refractivity contribution in [2.24, 2.45) is 0 Å². The van der Waals surface area contributed by atoms with E-state index in [-0.39, 0.29) is 27.8 Å². The van der Waals surface area contributed by atoms with Crippen LogP contribution in [-0.4, -0.2) is 29.5 Å². The van der Waals surface area contributed by atoms with Gasteiger partial charge in [0.2, 0.25) is 0 Å². The average Bonchev–Trinajstić information content (AvgIpc) is 2.42. The zero-order valence-electron chi connectivity index (χ0n) is 12.2. The molecule has 1 aromatic rings. The molecule has 0 aromatic heterocycles. The molecule has 0 heterocycles. The number of nitrogens with one attached hydrogen (secondary N) is 1. The lowest BCUT2D eigenvalue weighted by atomic mass is 9.87. The molecule has 1 amide bonds. The lowest BCUT2D eigenvalue weighted by molar-refractivity contribution is -0.139. The van der Waals surface area contributed by atoms with Gasteiger partial charge in [0, 0.05) is 12.1 Å². The van der Waals surface area contributed by atoms with Crippen molar-refractivity contribution in [2.45, 2.75) is 30.1 Å². The minimum atomic E-state index is -0.379. The topological polar surface area (TPSA) is 55.4 Å². The Kier molecular flexibility index (Phi) is 5.98. The Morgan fingerprint density at radius 1 is 1.25 bits per heavy atom. The van der Waals surface area contributed by atoms with Crippen molar-refractivity contribution in [3.05, 3.63) is 35.4 Å². The van der Waals surface area contributed by atoms with Gasteiger partial charge >= 0.3 is 5.97 Å². The molecule has 5 heteroatoms. The molecule has 0 aliphatic rings. The van der Waals surface area contributed by atoms with Gasteiger partial charge in [-0.2, -0.15) is 0 Å². The average molecular weight is 389 g/mol. The summed E-state index contributed by atoms with van der Waals surface area (Å²) >= 11 is 1.95. The minimum Gasteiger partial charge on any atom is -0.468 e. The molecule has 0 saturated carbocycles. The molecule has 1 atom stereocenters. The maximum absolute atomic E-state index is 12.0. The van der Waals surface area contributed by atoms with Gasteiger partial charge < -0.3 is 10.1 Å². The van der Waals surface area contributed by atoms with Crippen LogP contribution < -0.4 is 5.32 Å². The summed E-state index contributed by atoms with van der Waals surface area (Å²) in [6.45, 7) is 6.63. The van der Waals surface area contributed by atoms with E-state index >= 15 is 0 Å². The first-order chi connectivity index (χ1) is 9.25. The van der Waals surface area contributed by atoms with Crippen LogP contribution in [0.2, 0.25) is 0 Å². The predicted octanol–water partition coefficient (Wildman–Crippen LogP) is 2.69. The Hall–Kier alpha value is -1.11. The van der Waals surface area contributed by atoms with E-state index < -0.39 is 0 Å². The summed E-state index contributed by atoms with van der Waals surface area (Å²) in [4.78, 5) is 23.2. The monoisotopic (exact) mass is 389 g/mol. The number of rotatable bonds is 4. The van der Waals surface area contributed by atoms with Gasteiger partial charge in [-0.3, -0.25) is 9.59 Å². The van der Waals surface area contributed by atoms with Gasteiger partial charge in [0.1, 0.15) is 3.92 Å². The molecule has 1 unspecified atom stereocenters. The first-order valence-electron chi connectivity index (χ1n) is 6.36. The van der Waals surface area contributed by atoms with Crippen molar-refractivity contribution >= 4 is 34.5 Å². The molecule has 0 aliphatic carbocycles. The van der Waals surface area contributed by atoms with Gasteiger partial charge in [0.15, 0.2) is 0 Å². The SMILES string of the molecule is COC(=O)C(I)CNC(=O)c1ccc(C(C)(C)C)cc1. The van der Waals surface area contributed by atoms with Crippen molar-refractivity contribution in [3.8, 4) is 0 Å². The van der Waals surface area contributed by atoms with E-state index in [1.807, 2.05) is 34.7 Å². The van der Waals surface area contributed by atoms with Crippen molar-refractivity contribution in [2.75, 3.05) is 13.7 Å². The van der Waals surface area contributed by atoms with Crippen molar-refractivity contribution in [3.63, 3.8) is 0 Å². The van der Waals surface area contributed by atoms with Crippen LogP contribution in [0.1, 0.15) is 36.7 Å². The second kappa shape index (κ2) is 7.06. The highest BCUT2D eigenvalue weighted by Gasteiger charge is 2.17. The first kappa shape index (κ1) is 16.9. The lowest BCUT2D eigenvalue weighted by Gasteiger charge is -2.19. The summed E-state index contributed by atoms with van der Waals surface area (Å²) in [5.41, 5.74) is 1.83. The number of hydrogen-bond acceptors (Lipinski definition) is 3. The van der Waals surface area contributed by atoms with Crippen LogP contribution >= 0.6 is 22.6 Å². The number of carbonyl (C=O) groups excluding carboxylic acids is 2. The number of ether oxygens (including phenoxy) is 1. The second-order valence-corrected chi connectivity index (χ2v) is 7.03. The number of carbonyl (C=O) groups is 2. The van der Waals surface area contributed by atoms with Gasteiger partial charge in [-0.15, -0.1) is 0 Å². The zero-order chi connectivity index (χ0) is 15.3. The van der Waals surface area contributed by atoms with Crippen molar-refractivity contribution in [1.29, 1.82) is 0 Å². The zero-order valence-corrected chi connectivity index (χ0v) is 14.4. The van der Waals surface area contributed by atoms with Gasteiger partial charge in [0.05, 0.1) is 7.11 Å². The molecular formula is C15H20INO3. The first-order valence-corrected chi connectivity index (χ1v) is 7.61. The molecule has 1 rings (SSSR count). The Morgan fingerprint density at radius 3 is 2.25 bits per heavy atom. The third kappa shape index (κ3) is 4.77. The summed E-state index contributed by atoms with van der Waals surface area (Å²) in [6, 6.07) is 7.51. The Labute approximate surface area is 133 Å². The lowest BCUT2D eigenvalue weighted by Crippen LogP contribution is -2.33. The fourth-order valence-corrected chi connectivity index (χ4v) is 2.09. The summed E-state index contributed by atoms with van der Waals surface area (Å²) in [6.07, 6.45) is 0. The molecule has 1 N–H and O–H groups in total. The molecule has 0 aliphatic heterocycles. The Bertz CT molecular complexity index is 477. The van der Waals surface area contributed by atoms with Gasteiger partial charge in [-0.1, -0.05) is 55.5 Å². The number of hydrogen-bond donors (Lipinski definition) is 1. The second-order valence-electron chi connectivity index (χ2n) is 5.53. The van der Waals surface area contributed by atoms with Crippen LogP contribution in [0.4, 0.5) is 0 Å². The summed E-state index contributed by atoms with van der Waals surface area (Å²) in [5, 5.41) is 2.72. The van der Waals surface area contributed by atoms with Crippen LogP contribution in [0, 0.1) is 0 Å². The number of amides is 1. The summed E-state index contributed by atoms with van der Waals surface area (Å²) in [7, 11) is 1.33. The van der Waals surface area contributed by atoms with E-state index in [0.29, 0.717) is 5.56 Å². The van der Waals surface area contributed by atoms with Crippen molar-refractivity contribution in [1.82, 2.24) is 5.32 Å². The van der Waals surface area contributed by atoms with E-state index in [4.69, 9.17) is 0 Å². The van der Waals surface area contributed by atoms with E-state index in [1.165, 1.54) is 12.7 Å². The minimum absolute atomic E-state index is 0.0627. The van der Waals surface area contributed by atoms with Crippen molar-refractivity contribution < 1.29 is 14.3 Å². The largest absolute Gasteiger partial charge is 0.468 e. The normalized spacial score (nSPS) is 12.7. The maximum Gasteiger partial charge on any atom is 0.320 e. The number of halogens is 1. The van der Waals surface area contributed by atoms with Crippen LogP contribution in [-0.2, 0) is 14.9 Å². The molecule has 20 heavy (non-hydrogen) atoms. The highest BCUT2D eigenvalue weighted by molar-refractivity contribution is 14.1. The van der Waals surface area contributed by atoms with Crippen LogP contribution in [0.3, 0.4) is 0 Å². The fraction of sp³-hybridized carbons (Fsp3) is 0.467. The molecule has 0 bridgehead atoms. The summed E-state index contributed by atoms with van der Waals surface area (Å²) < 4.78 is 4.23. The van der Waals surface area contributed by atoms with Crippen LogP contribution in [0.5, 0.6) is 0 Å². The standard InChI is InChI=1S/C15H20INO3/c1-15(2,3)11-7-5-10(6-8-11)13(18)17-9-12(16)14(19)20-4/h5-8,12H,9H2,1-4H3,(H,17,18). The third-order valence-corrected chi connectivity index (χ3v) is 3.86. The molecule has 0 fully saturated rings. The third-order valence-electron chi connectivity index (χ3n) is 2.91. The molecule has 1 aromatic carbocycles. The Morgan fingerprint density at radius 2 is 1.80 bits per heavy atom. The molecular weight excluding hydrogens is 369 g/mol. The van der Waals surface area contributed by atoms with Gasteiger partial charge in [-0.25, -0.2) is 0 Å². The summed E-state index contributed by atoms with van der Waals surface area (Å²) in [5.74, 6) is -0.523. The number of alkyl halides is 1. The van der Waals surface area contributed by atoms with E-state index in [1.54, 1.807) is 12.1 Å². The van der Waals surface area contributed by atoms with E-state index in [9.17, 15) is 9.59 Å². The highest BCUT2D eigenvalue weighted by atomic mass is 127. The van der Waals surface area contributed by atoms with E-state index in [2.05, 4.69) is 30.8 Å². The predicted molar refractivity (Wildman–Crippen MR) is 87.3 cm³/mol.